The van der Waals surface area contributed by atoms with E-state index in [1.807, 2.05) is 22.7 Å². The molecule has 1 amide bonds. The van der Waals surface area contributed by atoms with Crippen LogP contribution in [0.4, 0.5) is 10.1 Å². The van der Waals surface area contributed by atoms with Gasteiger partial charge in [-0.2, -0.15) is 10.1 Å². The van der Waals surface area contributed by atoms with Gasteiger partial charge in [0.15, 0.2) is 5.82 Å². The van der Waals surface area contributed by atoms with Crippen molar-refractivity contribution in [1.29, 1.82) is 0 Å². The molecule has 8 heteroatoms. The summed E-state index contributed by atoms with van der Waals surface area (Å²) >= 11 is 0. The van der Waals surface area contributed by atoms with Gasteiger partial charge in [-0.15, -0.1) is 0 Å². The van der Waals surface area contributed by atoms with Gasteiger partial charge in [-0.3, -0.25) is 9.48 Å². The molecule has 7 nitrogen and oxygen atoms in total. The number of anilines is 1. The third-order valence-corrected chi connectivity index (χ3v) is 11.8. The molecular weight excluding hydrogens is 517 g/mol. The van der Waals surface area contributed by atoms with E-state index in [2.05, 4.69) is 29.4 Å². The maximum absolute atomic E-state index is 14.6. The standard InChI is InChI=1S/C33H38FN5O2/c1-38-26(21-5-6-21)16-25(36-38)23-3-2-4-24(15-23)39(29(40)32-17-33(34,18-32)19-32)20-30-9-12-31(13-10-30,14-11-30)28-35-27(37-41-28)22-7-8-22/h2-4,15-16,21-22H,5-14,17-20H2,1H3. The van der Waals surface area contributed by atoms with Gasteiger partial charge in [0.2, 0.25) is 11.8 Å². The Morgan fingerprint density at radius 1 is 1.02 bits per heavy atom. The van der Waals surface area contributed by atoms with Gasteiger partial charge in [-0.25, -0.2) is 4.39 Å². The van der Waals surface area contributed by atoms with E-state index in [1.165, 1.54) is 31.4 Å². The predicted molar refractivity (Wildman–Crippen MR) is 151 cm³/mol. The molecule has 8 saturated carbocycles. The highest BCUT2D eigenvalue weighted by Gasteiger charge is 2.73. The molecule has 8 aliphatic rings. The second-order valence-electron chi connectivity index (χ2n) is 14.8. The molecule has 0 spiro atoms. The number of benzene rings is 1. The summed E-state index contributed by atoms with van der Waals surface area (Å²) in [5, 5.41) is 9.15. The Morgan fingerprint density at radius 3 is 2.39 bits per heavy atom. The minimum atomic E-state index is -1.10. The Morgan fingerprint density at radius 2 is 1.73 bits per heavy atom. The van der Waals surface area contributed by atoms with Crippen LogP contribution in [0.2, 0.25) is 0 Å². The van der Waals surface area contributed by atoms with Crippen LogP contribution in [0.1, 0.15) is 113 Å². The average molecular weight is 556 g/mol. The summed E-state index contributed by atoms with van der Waals surface area (Å²) in [6, 6.07) is 10.6. The van der Waals surface area contributed by atoms with Crippen LogP contribution >= 0.6 is 0 Å². The maximum Gasteiger partial charge on any atom is 0.233 e. The first kappa shape index (κ1) is 24.6. The molecule has 2 aromatic heterocycles. The number of halogens is 1. The lowest BCUT2D eigenvalue weighted by Gasteiger charge is -2.65. The Labute approximate surface area is 239 Å². The van der Waals surface area contributed by atoms with E-state index in [4.69, 9.17) is 14.6 Å². The van der Waals surface area contributed by atoms with E-state index >= 15 is 0 Å². The minimum Gasteiger partial charge on any atom is -0.339 e. The first-order valence-corrected chi connectivity index (χ1v) is 15.8. The number of aromatic nitrogens is 4. The van der Waals surface area contributed by atoms with E-state index in [0.717, 1.165) is 67.2 Å². The van der Waals surface area contributed by atoms with Crippen molar-refractivity contribution in [1.82, 2.24) is 19.9 Å². The molecule has 8 aliphatic carbocycles. The van der Waals surface area contributed by atoms with Crippen molar-refractivity contribution < 1.29 is 13.7 Å². The number of amides is 1. The molecule has 1 aromatic carbocycles. The molecule has 2 heterocycles. The van der Waals surface area contributed by atoms with Gasteiger partial charge < -0.3 is 9.42 Å². The number of alkyl halides is 1. The zero-order valence-electron chi connectivity index (χ0n) is 23.9. The number of carbonyl (C=O) groups is 1. The van der Waals surface area contributed by atoms with Crippen LogP contribution in [0.15, 0.2) is 34.9 Å². The molecule has 0 N–H and O–H groups in total. The SMILES string of the molecule is Cn1nc(-c2cccc(N(CC34CCC(c5nc(C6CC6)no5)(CC3)CC4)C(=O)C34CC(F)(C3)C4)c2)cc1C1CC1. The summed E-state index contributed by atoms with van der Waals surface area (Å²) in [5.41, 5.74) is 2.64. The number of fused-ring (bicyclic) bond motifs is 3. The average Bonchev–Trinajstić information content (AvgIpc) is 3.90. The number of aryl methyl sites for hydroxylation is 1. The van der Waals surface area contributed by atoms with Crippen molar-refractivity contribution in [3.05, 3.63) is 47.7 Å². The summed E-state index contributed by atoms with van der Waals surface area (Å²) < 4.78 is 22.5. The topological polar surface area (TPSA) is 77.1 Å². The van der Waals surface area contributed by atoms with Gasteiger partial charge >= 0.3 is 0 Å². The van der Waals surface area contributed by atoms with Crippen molar-refractivity contribution in [2.24, 2.45) is 17.9 Å². The summed E-state index contributed by atoms with van der Waals surface area (Å²) in [4.78, 5) is 21.1. The maximum atomic E-state index is 14.6. The fraction of sp³-hybridized carbons (Fsp3) is 0.636. The van der Waals surface area contributed by atoms with Crippen molar-refractivity contribution in [2.75, 3.05) is 11.4 Å². The Bertz CT molecular complexity index is 1520. The molecule has 0 saturated heterocycles. The fourth-order valence-corrected chi connectivity index (χ4v) is 8.79. The number of hydrogen-bond acceptors (Lipinski definition) is 5. The van der Waals surface area contributed by atoms with E-state index in [-0.39, 0.29) is 16.7 Å². The fourth-order valence-electron chi connectivity index (χ4n) is 8.79. The van der Waals surface area contributed by atoms with Gasteiger partial charge in [0.25, 0.3) is 0 Å². The van der Waals surface area contributed by atoms with Crippen LogP contribution in [-0.2, 0) is 17.3 Å². The normalized spacial score (nSPS) is 35.2. The highest BCUT2D eigenvalue weighted by molar-refractivity contribution is 6.00. The van der Waals surface area contributed by atoms with Gasteiger partial charge in [-0.1, -0.05) is 17.3 Å². The quantitative estimate of drug-likeness (QED) is 0.308. The Kier molecular flexibility index (Phi) is 4.84. The molecular formula is C33H38FN5O2. The molecule has 4 bridgehead atoms. The summed E-state index contributed by atoms with van der Waals surface area (Å²) in [6.07, 6.45) is 12.2. The Balaban J connectivity index is 1.00. The minimum absolute atomic E-state index is 0.0106. The smallest absolute Gasteiger partial charge is 0.233 e. The van der Waals surface area contributed by atoms with Gasteiger partial charge in [-0.05, 0) is 107 Å². The Hall–Kier alpha value is -3.03. The second-order valence-corrected chi connectivity index (χ2v) is 14.8. The molecule has 0 radical (unpaired) electrons. The van der Waals surface area contributed by atoms with Crippen LogP contribution < -0.4 is 4.90 Å². The molecule has 41 heavy (non-hydrogen) atoms. The van der Waals surface area contributed by atoms with Crippen molar-refractivity contribution >= 4 is 11.6 Å². The van der Waals surface area contributed by atoms with Crippen molar-refractivity contribution in [3.63, 3.8) is 0 Å². The zero-order chi connectivity index (χ0) is 27.6. The van der Waals surface area contributed by atoms with E-state index in [1.54, 1.807) is 0 Å². The lowest BCUT2D eigenvalue weighted by molar-refractivity contribution is -0.211. The molecule has 8 fully saturated rings. The van der Waals surface area contributed by atoms with Crippen LogP contribution in [0, 0.1) is 10.8 Å². The molecule has 0 aliphatic heterocycles. The lowest BCUT2D eigenvalue weighted by atomic mass is 9.41. The van der Waals surface area contributed by atoms with Crippen LogP contribution in [0.5, 0.6) is 0 Å². The molecule has 0 unspecified atom stereocenters. The third kappa shape index (κ3) is 3.74. The highest BCUT2D eigenvalue weighted by atomic mass is 19.1. The zero-order valence-corrected chi connectivity index (χ0v) is 23.9. The first-order valence-electron chi connectivity index (χ1n) is 15.8. The monoisotopic (exact) mass is 555 g/mol. The number of nitrogens with zero attached hydrogens (tertiary/aromatic N) is 5. The number of carbonyl (C=O) groups excluding carboxylic acids is 1. The van der Waals surface area contributed by atoms with Crippen molar-refractivity contribution in [3.8, 4) is 11.3 Å². The predicted octanol–water partition coefficient (Wildman–Crippen LogP) is 6.74. The summed E-state index contributed by atoms with van der Waals surface area (Å²) in [6.45, 7) is 0.694. The number of hydrogen-bond donors (Lipinski definition) is 0. The van der Waals surface area contributed by atoms with Gasteiger partial charge in [0, 0.05) is 47.8 Å². The van der Waals surface area contributed by atoms with Crippen LogP contribution in [0.25, 0.3) is 11.3 Å². The molecule has 11 rings (SSSR count). The summed E-state index contributed by atoms with van der Waals surface area (Å²) in [7, 11) is 2.03. The van der Waals surface area contributed by atoms with Crippen molar-refractivity contribution in [2.45, 2.75) is 106 Å². The van der Waals surface area contributed by atoms with Crippen LogP contribution in [-0.4, -0.2) is 38.0 Å². The number of rotatable bonds is 8. The molecule has 0 atom stereocenters. The first-order chi connectivity index (χ1) is 19.8. The lowest BCUT2D eigenvalue weighted by Crippen LogP contribution is -2.71. The molecule has 3 aromatic rings. The van der Waals surface area contributed by atoms with E-state index < -0.39 is 11.1 Å². The van der Waals surface area contributed by atoms with Gasteiger partial charge in [0.05, 0.1) is 11.1 Å². The second kappa shape index (κ2) is 8.07. The van der Waals surface area contributed by atoms with E-state index in [9.17, 15) is 9.18 Å². The van der Waals surface area contributed by atoms with Crippen LogP contribution in [0.3, 0.4) is 0 Å². The third-order valence-electron chi connectivity index (χ3n) is 11.8. The van der Waals surface area contributed by atoms with E-state index in [0.29, 0.717) is 37.6 Å². The summed E-state index contributed by atoms with van der Waals surface area (Å²) in [5.74, 6) is 2.98. The molecule has 214 valence electrons. The van der Waals surface area contributed by atoms with Gasteiger partial charge in [0.1, 0.15) is 5.67 Å². The largest absolute Gasteiger partial charge is 0.339 e. The highest BCUT2D eigenvalue weighted by Crippen LogP contribution is 2.70.